The summed E-state index contributed by atoms with van der Waals surface area (Å²) in [6.07, 6.45) is 0.491. The van der Waals surface area contributed by atoms with E-state index in [9.17, 15) is 13.2 Å². The van der Waals surface area contributed by atoms with Gasteiger partial charge in [-0.05, 0) is 68.7 Å². The fourth-order valence-corrected chi connectivity index (χ4v) is 4.11. The van der Waals surface area contributed by atoms with Gasteiger partial charge in [0.1, 0.15) is 0 Å². The van der Waals surface area contributed by atoms with Crippen LogP contribution in [-0.2, 0) is 21.2 Å². The first-order chi connectivity index (χ1) is 13.8. The molecule has 2 aromatic carbocycles. The lowest BCUT2D eigenvalue weighted by atomic mass is 10.1. The number of ether oxygens (including phenoxy) is 3. The molecule has 2 aromatic rings. The molecular formula is C21H27NO6S. The minimum atomic E-state index is -3.71. The van der Waals surface area contributed by atoms with E-state index in [2.05, 4.69) is 9.46 Å². The van der Waals surface area contributed by atoms with Gasteiger partial charge in [-0.1, -0.05) is 6.07 Å². The van der Waals surface area contributed by atoms with Crippen molar-refractivity contribution in [2.24, 2.45) is 0 Å². The maximum absolute atomic E-state index is 12.6. The molecule has 0 radical (unpaired) electrons. The lowest BCUT2D eigenvalue weighted by Crippen LogP contribution is -2.26. The Bertz CT molecular complexity index is 956. The number of carbonyl (C=O) groups excluding carboxylic acids is 1. The number of rotatable bonds is 10. The molecule has 0 aromatic heterocycles. The highest BCUT2D eigenvalue weighted by Crippen LogP contribution is 2.28. The molecule has 0 aliphatic heterocycles. The molecule has 29 heavy (non-hydrogen) atoms. The van der Waals surface area contributed by atoms with Crippen LogP contribution in [0, 0.1) is 6.92 Å². The van der Waals surface area contributed by atoms with Crippen molar-refractivity contribution in [1.29, 1.82) is 0 Å². The van der Waals surface area contributed by atoms with Gasteiger partial charge < -0.3 is 14.2 Å². The van der Waals surface area contributed by atoms with E-state index in [0.29, 0.717) is 42.3 Å². The maximum atomic E-state index is 12.6. The van der Waals surface area contributed by atoms with Gasteiger partial charge in [-0.2, -0.15) is 0 Å². The van der Waals surface area contributed by atoms with Gasteiger partial charge in [0, 0.05) is 6.54 Å². The van der Waals surface area contributed by atoms with Crippen molar-refractivity contribution in [3.63, 3.8) is 0 Å². The molecule has 0 atom stereocenters. The standard InChI is InChI=1S/C21H27NO6S/c1-5-27-18-9-7-16(14-19(18)28-6-2)11-12-22-29(24,25)20-10-8-17(13-15(20)3)21(23)26-4/h7-10,13-14,22H,5-6,11-12H2,1-4H3. The number of aryl methyl sites for hydroxylation is 1. The zero-order valence-electron chi connectivity index (χ0n) is 17.2. The van der Waals surface area contributed by atoms with Crippen LogP contribution in [0.4, 0.5) is 0 Å². The van der Waals surface area contributed by atoms with Crippen molar-refractivity contribution < 1.29 is 27.4 Å². The molecule has 2 rings (SSSR count). The van der Waals surface area contributed by atoms with Gasteiger partial charge in [-0.3, -0.25) is 0 Å². The Kier molecular flexibility index (Phi) is 8.04. The van der Waals surface area contributed by atoms with E-state index in [-0.39, 0.29) is 11.4 Å². The molecule has 8 heteroatoms. The highest BCUT2D eigenvalue weighted by molar-refractivity contribution is 7.89. The zero-order valence-corrected chi connectivity index (χ0v) is 18.0. The summed E-state index contributed by atoms with van der Waals surface area (Å²) < 4.78 is 43.7. The summed E-state index contributed by atoms with van der Waals surface area (Å²) in [5.74, 6) is 0.801. The summed E-state index contributed by atoms with van der Waals surface area (Å²) in [7, 11) is -2.43. The van der Waals surface area contributed by atoms with Crippen LogP contribution < -0.4 is 14.2 Å². The molecule has 158 valence electrons. The summed E-state index contributed by atoms with van der Waals surface area (Å²) in [6.45, 7) is 6.70. The number of nitrogens with one attached hydrogen (secondary N) is 1. The monoisotopic (exact) mass is 421 g/mol. The Hall–Kier alpha value is -2.58. The summed E-state index contributed by atoms with van der Waals surface area (Å²) in [5, 5.41) is 0. The molecule has 0 aliphatic carbocycles. The van der Waals surface area contributed by atoms with E-state index in [4.69, 9.17) is 9.47 Å². The van der Waals surface area contributed by atoms with Gasteiger partial charge in [0.05, 0.1) is 30.8 Å². The molecule has 1 N–H and O–H groups in total. The second kappa shape index (κ2) is 10.3. The fourth-order valence-electron chi connectivity index (χ4n) is 2.85. The van der Waals surface area contributed by atoms with E-state index >= 15 is 0 Å². The van der Waals surface area contributed by atoms with Crippen molar-refractivity contribution in [2.45, 2.75) is 32.1 Å². The van der Waals surface area contributed by atoms with Gasteiger partial charge in [-0.25, -0.2) is 17.9 Å². The SMILES string of the molecule is CCOc1ccc(CCNS(=O)(=O)c2ccc(C(=O)OC)cc2C)cc1OCC. The van der Waals surface area contributed by atoms with E-state index in [1.165, 1.54) is 25.3 Å². The number of carbonyl (C=O) groups is 1. The average Bonchev–Trinajstić information content (AvgIpc) is 2.69. The van der Waals surface area contributed by atoms with Crippen LogP contribution in [0.25, 0.3) is 0 Å². The highest BCUT2D eigenvalue weighted by atomic mass is 32.2. The third-order valence-electron chi connectivity index (χ3n) is 4.20. The van der Waals surface area contributed by atoms with Crippen LogP contribution >= 0.6 is 0 Å². The Balaban J connectivity index is 2.07. The number of benzene rings is 2. The molecular weight excluding hydrogens is 394 g/mol. The molecule has 0 saturated carbocycles. The van der Waals surface area contributed by atoms with Gasteiger partial charge in [0.15, 0.2) is 11.5 Å². The molecule has 0 amide bonds. The third kappa shape index (κ3) is 5.95. The van der Waals surface area contributed by atoms with Crippen LogP contribution in [0.15, 0.2) is 41.3 Å². The van der Waals surface area contributed by atoms with Gasteiger partial charge in [0.2, 0.25) is 10.0 Å². The van der Waals surface area contributed by atoms with Crippen molar-refractivity contribution in [3.05, 3.63) is 53.1 Å². The van der Waals surface area contributed by atoms with Gasteiger partial charge in [-0.15, -0.1) is 0 Å². The predicted octanol–water partition coefficient (Wildman–Crippen LogP) is 3.10. The van der Waals surface area contributed by atoms with Crippen LogP contribution in [0.1, 0.15) is 35.3 Å². The number of hydrogen-bond acceptors (Lipinski definition) is 6. The summed E-state index contributed by atoms with van der Waals surface area (Å²) in [6, 6.07) is 9.93. The minimum absolute atomic E-state index is 0.131. The largest absolute Gasteiger partial charge is 0.490 e. The smallest absolute Gasteiger partial charge is 0.337 e. The van der Waals surface area contributed by atoms with Crippen LogP contribution in [0.5, 0.6) is 11.5 Å². The van der Waals surface area contributed by atoms with Gasteiger partial charge in [0.25, 0.3) is 0 Å². The summed E-state index contributed by atoms with van der Waals surface area (Å²) in [5.41, 5.74) is 1.71. The molecule has 0 bridgehead atoms. The lowest BCUT2D eigenvalue weighted by molar-refractivity contribution is 0.0600. The first kappa shape index (κ1) is 22.7. The zero-order chi connectivity index (χ0) is 21.4. The Morgan fingerprint density at radius 2 is 1.69 bits per heavy atom. The lowest BCUT2D eigenvalue weighted by Gasteiger charge is -2.13. The molecule has 0 fully saturated rings. The normalized spacial score (nSPS) is 11.2. The van der Waals surface area contributed by atoms with Crippen LogP contribution in [-0.4, -0.2) is 41.3 Å². The maximum Gasteiger partial charge on any atom is 0.337 e. The number of methoxy groups -OCH3 is 1. The highest BCUT2D eigenvalue weighted by Gasteiger charge is 2.18. The van der Waals surface area contributed by atoms with Crippen LogP contribution in [0.3, 0.4) is 0 Å². The fraction of sp³-hybridized carbons (Fsp3) is 0.381. The molecule has 7 nitrogen and oxygen atoms in total. The van der Waals surface area contributed by atoms with E-state index < -0.39 is 16.0 Å². The van der Waals surface area contributed by atoms with E-state index in [1.807, 2.05) is 32.0 Å². The molecule has 0 unspecified atom stereocenters. The second-order valence-corrected chi connectivity index (χ2v) is 8.00. The topological polar surface area (TPSA) is 90.9 Å². The Labute approximate surface area is 172 Å². The second-order valence-electron chi connectivity index (χ2n) is 6.27. The van der Waals surface area contributed by atoms with Gasteiger partial charge >= 0.3 is 5.97 Å². The Morgan fingerprint density at radius 1 is 1.00 bits per heavy atom. The first-order valence-electron chi connectivity index (χ1n) is 9.39. The molecule has 0 heterocycles. The van der Waals surface area contributed by atoms with Crippen molar-refractivity contribution in [3.8, 4) is 11.5 Å². The van der Waals surface area contributed by atoms with Crippen LogP contribution in [0.2, 0.25) is 0 Å². The first-order valence-corrected chi connectivity index (χ1v) is 10.9. The van der Waals surface area contributed by atoms with Crippen molar-refractivity contribution in [1.82, 2.24) is 4.72 Å². The molecule has 0 spiro atoms. The number of sulfonamides is 1. The Morgan fingerprint density at radius 3 is 2.31 bits per heavy atom. The minimum Gasteiger partial charge on any atom is -0.490 e. The quantitative estimate of drug-likeness (QED) is 0.593. The molecule has 0 aliphatic rings. The van der Waals surface area contributed by atoms with Crippen molar-refractivity contribution in [2.75, 3.05) is 26.9 Å². The molecule has 0 saturated heterocycles. The third-order valence-corrected chi connectivity index (χ3v) is 5.82. The van der Waals surface area contributed by atoms with Crippen molar-refractivity contribution >= 4 is 16.0 Å². The predicted molar refractivity (Wildman–Crippen MR) is 110 cm³/mol. The number of esters is 1. The summed E-state index contributed by atoms with van der Waals surface area (Å²) in [4.78, 5) is 11.7. The summed E-state index contributed by atoms with van der Waals surface area (Å²) >= 11 is 0. The number of hydrogen-bond donors (Lipinski definition) is 1. The van der Waals surface area contributed by atoms with E-state index in [1.54, 1.807) is 6.92 Å². The average molecular weight is 422 g/mol. The van der Waals surface area contributed by atoms with E-state index in [0.717, 1.165) is 5.56 Å².